The van der Waals surface area contributed by atoms with Crippen LogP contribution in [0.4, 0.5) is 4.39 Å². The van der Waals surface area contributed by atoms with Gasteiger partial charge in [0.05, 0.1) is 13.2 Å². The Morgan fingerprint density at radius 3 is 2.58 bits per heavy atom. The molecule has 0 saturated carbocycles. The second kappa shape index (κ2) is 12.2. The van der Waals surface area contributed by atoms with Gasteiger partial charge in [0, 0.05) is 23.5 Å². The number of benzene rings is 2. The highest BCUT2D eigenvalue weighted by molar-refractivity contribution is 14.0. The van der Waals surface area contributed by atoms with Crippen molar-refractivity contribution in [1.82, 2.24) is 10.6 Å². The van der Waals surface area contributed by atoms with Gasteiger partial charge in [-0.05, 0) is 36.2 Å². The number of hydrogen-bond acceptors (Lipinski definition) is 2. The van der Waals surface area contributed by atoms with Gasteiger partial charge < -0.3 is 15.7 Å². The molecule has 0 bridgehead atoms. The molecule has 142 valence electrons. The van der Waals surface area contributed by atoms with Crippen molar-refractivity contribution in [3.63, 3.8) is 0 Å². The highest BCUT2D eigenvalue weighted by atomic mass is 127. The minimum atomic E-state index is -0.282. The minimum absolute atomic E-state index is 0. The van der Waals surface area contributed by atoms with Crippen LogP contribution in [0.15, 0.2) is 58.0 Å². The lowest BCUT2D eigenvalue weighted by molar-refractivity contribution is 0.265. The van der Waals surface area contributed by atoms with Crippen LogP contribution >= 0.6 is 39.9 Å². The summed E-state index contributed by atoms with van der Waals surface area (Å²) in [5, 5.41) is 16.1. The Hall–Kier alpha value is -1.19. The Labute approximate surface area is 179 Å². The fourth-order valence-corrected chi connectivity index (χ4v) is 2.78. The third-order valence-corrected chi connectivity index (χ3v) is 4.54. The van der Waals surface area contributed by atoms with E-state index in [1.54, 1.807) is 6.07 Å². The van der Waals surface area contributed by atoms with E-state index in [0.717, 1.165) is 15.6 Å². The summed E-state index contributed by atoms with van der Waals surface area (Å²) in [6, 6.07) is 14.4. The lowest BCUT2D eigenvalue weighted by Crippen LogP contribution is -2.39. The van der Waals surface area contributed by atoms with Gasteiger partial charge in [-0.3, -0.25) is 0 Å². The van der Waals surface area contributed by atoms with Crippen LogP contribution in [0.25, 0.3) is 0 Å². The molecule has 0 saturated heterocycles. The number of aliphatic imine (C=N–C) groups is 1. The molecule has 26 heavy (non-hydrogen) atoms. The number of aliphatic hydroxyl groups excluding tert-OH is 1. The first-order valence-corrected chi connectivity index (χ1v) is 9.05. The van der Waals surface area contributed by atoms with Crippen molar-refractivity contribution in [1.29, 1.82) is 0 Å². The second-order valence-corrected chi connectivity index (χ2v) is 6.46. The summed E-state index contributed by atoms with van der Waals surface area (Å²) < 4.78 is 14.2. The van der Waals surface area contributed by atoms with Crippen molar-refractivity contribution in [2.45, 2.75) is 19.4 Å². The predicted octanol–water partition coefficient (Wildman–Crippen LogP) is 4.04. The Balaban J connectivity index is 0.00000338. The zero-order chi connectivity index (χ0) is 18.1. The SMILES string of the molecule is CCNC(=NCc1cc(F)ccc1Br)NCC(CO)c1ccccc1.I. The zero-order valence-electron chi connectivity index (χ0n) is 14.6. The smallest absolute Gasteiger partial charge is 0.191 e. The number of nitrogens with one attached hydrogen (secondary N) is 2. The van der Waals surface area contributed by atoms with Crippen molar-refractivity contribution in [2.24, 2.45) is 4.99 Å². The third-order valence-electron chi connectivity index (χ3n) is 3.77. The van der Waals surface area contributed by atoms with E-state index in [-0.39, 0.29) is 42.3 Å². The van der Waals surface area contributed by atoms with E-state index < -0.39 is 0 Å². The molecule has 0 heterocycles. The summed E-state index contributed by atoms with van der Waals surface area (Å²) in [5.74, 6) is 0.329. The van der Waals surface area contributed by atoms with E-state index in [9.17, 15) is 9.50 Å². The third kappa shape index (κ3) is 7.20. The van der Waals surface area contributed by atoms with Crippen molar-refractivity contribution in [3.05, 3.63) is 69.9 Å². The molecule has 0 aliphatic carbocycles. The van der Waals surface area contributed by atoms with Gasteiger partial charge in [-0.15, -0.1) is 24.0 Å². The number of aliphatic hydroxyl groups is 1. The molecule has 2 aromatic carbocycles. The number of guanidine groups is 1. The van der Waals surface area contributed by atoms with Crippen LogP contribution in [0, 0.1) is 5.82 Å². The maximum atomic E-state index is 13.4. The molecular formula is C19H24BrFIN3O. The van der Waals surface area contributed by atoms with Crippen LogP contribution < -0.4 is 10.6 Å². The molecule has 0 aliphatic heterocycles. The largest absolute Gasteiger partial charge is 0.396 e. The lowest BCUT2D eigenvalue weighted by Gasteiger charge is -2.18. The molecule has 1 unspecified atom stereocenters. The van der Waals surface area contributed by atoms with E-state index in [4.69, 9.17) is 0 Å². The summed E-state index contributed by atoms with van der Waals surface area (Å²) in [6.45, 7) is 3.65. The molecule has 0 aromatic heterocycles. The molecule has 7 heteroatoms. The second-order valence-electron chi connectivity index (χ2n) is 5.60. The summed E-state index contributed by atoms with van der Waals surface area (Å²) in [6.07, 6.45) is 0. The Morgan fingerprint density at radius 1 is 1.19 bits per heavy atom. The summed E-state index contributed by atoms with van der Waals surface area (Å²) in [5.41, 5.74) is 1.85. The maximum absolute atomic E-state index is 13.4. The van der Waals surface area contributed by atoms with Crippen molar-refractivity contribution in [2.75, 3.05) is 19.7 Å². The number of halogens is 3. The topological polar surface area (TPSA) is 56.7 Å². The average molecular weight is 536 g/mol. The van der Waals surface area contributed by atoms with E-state index in [1.807, 2.05) is 37.3 Å². The van der Waals surface area contributed by atoms with Gasteiger partial charge in [0.25, 0.3) is 0 Å². The first kappa shape index (κ1) is 22.9. The van der Waals surface area contributed by atoms with Crippen molar-refractivity contribution < 1.29 is 9.50 Å². The molecule has 0 aliphatic rings. The molecule has 4 nitrogen and oxygen atoms in total. The van der Waals surface area contributed by atoms with Crippen molar-refractivity contribution >= 4 is 45.9 Å². The van der Waals surface area contributed by atoms with Gasteiger partial charge in [0.15, 0.2) is 5.96 Å². The minimum Gasteiger partial charge on any atom is -0.396 e. The summed E-state index contributed by atoms with van der Waals surface area (Å²) in [4.78, 5) is 4.50. The van der Waals surface area contributed by atoms with Crippen LogP contribution in [0.1, 0.15) is 24.0 Å². The molecule has 0 spiro atoms. The fraction of sp³-hybridized carbons (Fsp3) is 0.316. The maximum Gasteiger partial charge on any atom is 0.191 e. The Kier molecular flexibility index (Phi) is 10.8. The van der Waals surface area contributed by atoms with Gasteiger partial charge >= 0.3 is 0 Å². The van der Waals surface area contributed by atoms with Crippen LogP contribution in [0.3, 0.4) is 0 Å². The highest BCUT2D eigenvalue weighted by Crippen LogP contribution is 2.18. The van der Waals surface area contributed by atoms with E-state index >= 15 is 0 Å². The van der Waals surface area contributed by atoms with Crippen molar-refractivity contribution in [3.8, 4) is 0 Å². The van der Waals surface area contributed by atoms with E-state index in [1.165, 1.54) is 12.1 Å². The molecule has 0 radical (unpaired) electrons. The zero-order valence-corrected chi connectivity index (χ0v) is 18.5. The molecule has 2 aromatic rings. The summed E-state index contributed by atoms with van der Waals surface area (Å²) >= 11 is 3.41. The van der Waals surface area contributed by atoms with Crippen LogP contribution in [0.5, 0.6) is 0 Å². The van der Waals surface area contributed by atoms with E-state index in [2.05, 4.69) is 31.6 Å². The Bertz CT molecular complexity index is 700. The fourth-order valence-electron chi connectivity index (χ4n) is 2.40. The Morgan fingerprint density at radius 2 is 1.92 bits per heavy atom. The van der Waals surface area contributed by atoms with Gasteiger partial charge in [-0.1, -0.05) is 46.3 Å². The number of hydrogen-bond donors (Lipinski definition) is 3. The van der Waals surface area contributed by atoms with Gasteiger partial charge in [-0.2, -0.15) is 0 Å². The molecule has 2 rings (SSSR count). The van der Waals surface area contributed by atoms with E-state index in [0.29, 0.717) is 25.6 Å². The van der Waals surface area contributed by atoms with Gasteiger partial charge in [-0.25, -0.2) is 9.38 Å². The van der Waals surface area contributed by atoms with Crippen LogP contribution in [-0.4, -0.2) is 30.8 Å². The van der Waals surface area contributed by atoms with Gasteiger partial charge in [0.2, 0.25) is 0 Å². The van der Waals surface area contributed by atoms with Gasteiger partial charge in [0.1, 0.15) is 5.82 Å². The highest BCUT2D eigenvalue weighted by Gasteiger charge is 2.11. The standard InChI is InChI=1S/C19H23BrFN3O.HI/c1-2-22-19(23-11-15-10-17(21)8-9-18(15)20)24-12-16(13-25)14-6-4-3-5-7-14;/h3-10,16,25H,2,11-13H2,1H3,(H2,22,23,24);1H. The number of rotatable bonds is 7. The van der Waals surface area contributed by atoms with Crippen LogP contribution in [-0.2, 0) is 6.54 Å². The molecular weight excluding hydrogens is 512 g/mol. The average Bonchev–Trinajstić information content (AvgIpc) is 2.63. The van der Waals surface area contributed by atoms with Crippen LogP contribution in [0.2, 0.25) is 0 Å². The molecule has 1 atom stereocenters. The normalized spacial score (nSPS) is 12.2. The quantitative estimate of drug-likeness (QED) is 0.285. The first-order valence-electron chi connectivity index (χ1n) is 8.26. The number of nitrogens with zero attached hydrogens (tertiary/aromatic N) is 1. The lowest BCUT2D eigenvalue weighted by atomic mass is 10.0. The molecule has 3 N–H and O–H groups in total. The molecule has 0 fully saturated rings. The summed E-state index contributed by atoms with van der Waals surface area (Å²) in [7, 11) is 0. The first-order chi connectivity index (χ1) is 12.1. The molecule has 0 amide bonds. The predicted molar refractivity (Wildman–Crippen MR) is 119 cm³/mol. The monoisotopic (exact) mass is 535 g/mol.